The lowest BCUT2D eigenvalue weighted by atomic mass is 9.97. The van der Waals surface area contributed by atoms with E-state index in [1.807, 2.05) is 12.1 Å². The van der Waals surface area contributed by atoms with Gasteiger partial charge >= 0.3 is 11.9 Å². The second kappa shape index (κ2) is 6.78. The van der Waals surface area contributed by atoms with Crippen LogP contribution < -0.4 is 0 Å². The Morgan fingerprint density at radius 1 is 0.792 bits per heavy atom. The molecule has 0 fully saturated rings. The number of hydrogen-bond acceptors (Lipinski definition) is 6. The molecule has 5 heterocycles. The van der Waals surface area contributed by atoms with Gasteiger partial charge in [-0.1, -0.05) is 0 Å². The SMILES string of the molecule is COC(=O)c1cc2cnc1CCc1cnc(c(C(=O)OC)c1)CC2. The van der Waals surface area contributed by atoms with E-state index in [2.05, 4.69) is 9.97 Å². The summed E-state index contributed by atoms with van der Waals surface area (Å²) < 4.78 is 9.73. The third-order valence-corrected chi connectivity index (χ3v) is 4.17. The van der Waals surface area contributed by atoms with Gasteiger partial charge in [0.05, 0.1) is 36.7 Å². The van der Waals surface area contributed by atoms with E-state index in [9.17, 15) is 9.59 Å². The van der Waals surface area contributed by atoms with Crippen molar-refractivity contribution in [1.29, 1.82) is 0 Å². The van der Waals surface area contributed by atoms with Crippen LogP contribution >= 0.6 is 0 Å². The molecule has 4 bridgehead atoms. The largest absolute Gasteiger partial charge is 0.465 e. The van der Waals surface area contributed by atoms with E-state index in [-0.39, 0.29) is 11.9 Å². The van der Waals surface area contributed by atoms with Crippen LogP contribution in [0.25, 0.3) is 0 Å². The summed E-state index contributed by atoms with van der Waals surface area (Å²) >= 11 is 0. The summed E-state index contributed by atoms with van der Waals surface area (Å²) in [6.45, 7) is 0. The van der Waals surface area contributed by atoms with Crippen LogP contribution in [0, 0.1) is 0 Å². The van der Waals surface area contributed by atoms with E-state index in [0.29, 0.717) is 48.2 Å². The molecule has 0 amide bonds. The molecule has 0 N–H and O–H groups in total. The van der Waals surface area contributed by atoms with Gasteiger partial charge in [-0.2, -0.15) is 0 Å². The molecule has 1 aliphatic carbocycles. The first-order valence-corrected chi connectivity index (χ1v) is 7.74. The fourth-order valence-electron chi connectivity index (χ4n) is 2.84. The van der Waals surface area contributed by atoms with Gasteiger partial charge in [-0.15, -0.1) is 0 Å². The molecule has 124 valence electrons. The molecule has 0 radical (unpaired) electrons. The summed E-state index contributed by atoms with van der Waals surface area (Å²) in [5.74, 6) is -0.752. The Morgan fingerprint density at radius 3 is 1.58 bits per heavy atom. The maximum Gasteiger partial charge on any atom is 0.339 e. The van der Waals surface area contributed by atoms with Crippen LogP contribution in [0.2, 0.25) is 0 Å². The van der Waals surface area contributed by atoms with Gasteiger partial charge in [-0.05, 0) is 48.9 Å². The summed E-state index contributed by atoms with van der Waals surface area (Å²) in [6, 6.07) is 3.64. The number of pyridine rings is 2. The molecule has 2 aromatic heterocycles. The highest BCUT2D eigenvalue weighted by Gasteiger charge is 2.19. The van der Waals surface area contributed by atoms with E-state index in [1.165, 1.54) is 14.2 Å². The molecule has 0 unspecified atom stereocenters. The van der Waals surface area contributed by atoms with Gasteiger partial charge in [0.15, 0.2) is 0 Å². The monoisotopic (exact) mass is 326 g/mol. The fourth-order valence-corrected chi connectivity index (χ4v) is 2.84. The van der Waals surface area contributed by atoms with E-state index >= 15 is 0 Å². The van der Waals surface area contributed by atoms with Crippen molar-refractivity contribution in [1.82, 2.24) is 9.97 Å². The quantitative estimate of drug-likeness (QED) is 0.785. The molecule has 0 saturated heterocycles. The molecule has 24 heavy (non-hydrogen) atoms. The van der Waals surface area contributed by atoms with Crippen LogP contribution in [0.1, 0.15) is 43.2 Å². The normalized spacial score (nSPS) is 13.1. The Kier molecular flexibility index (Phi) is 4.55. The summed E-state index contributed by atoms with van der Waals surface area (Å²) in [6.07, 6.45) is 5.90. The van der Waals surface area contributed by atoms with Crippen LogP contribution in [0.5, 0.6) is 0 Å². The molecule has 0 saturated carbocycles. The lowest BCUT2D eigenvalue weighted by molar-refractivity contribution is 0.0590. The molecule has 6 rings (SSSR count). The number of methoxy groups -OCH3 is 2. The number of aromatic nitrogens is 2. The lowest BCUT2D eigenvalue weighted by Gasteiger charge is -2.14. The Bertz CT molecular complexity index is 734. The zero-order valence-electron chi connectivity index (χ0n) is 13.7. The summed E-state index contributed by atoms with van der Waals surface area (Å²) in [5, 5.41) is 0. The van der Waals surface area contributed by atoms with E-state index in [1.54, 1.807) is 12.4 Å². The van der Waals surface area contributed by atoms with Gasteiger partial charge < -0.3 is 9.47 Å². The molecule has 6 heteroatoms. The number of ether oxygens (including phenoxy) is 2. The average molecular weight is 326 g/mol. The minimum absolute atomic E-state index is 0.376. The summed E-state index contributed by atoms with van der Waals surface area (Å²) in [7, 11) is 2.74. The number of hydrogen-bond donors (Lipinski definition) is 0. The van der Waals surface area contributed by atoms with Crippen molar-refractivity contribution >= 4 is 11.9 Å². The topological polar surface area (TPSA) is 78.4 Å². The van der Waals surface area contributed by atoms with Crippen LogP contribution in [-0.4, -0.2) is 36.1 Å². The fraction of sp³-hybridized carbons (Fsp3) is 0.333. The van der Waals surface area contributed by atoms with Crippen molar-refractivity contribution in [2.24, 2.45) is 0 Å². The van der Waals surface area contributed by atoms with Gasteiger partial charge in [0.2, 0.25) is 0 Å². The average Bonchev–Trinajstić information content (AvgIpc) is 2.62. The molecule has 0 atom stereocenters. The zero-order chi connectivity index (χ0) is 17.1. The highest BCUT2D eigenvalue weighted by atomic mass is 16.5. The van der Waals surface area contributed by atoms with Gasteiger partial charge in [-0.3, -0.25) is 9.97 Å². The van der Waals surface area contributed by atoms with E-state index < -0.39 is 0 Å². The van der Waals surface area contributed by atoms with Crippen molar-refractivity contribution < 1.29 is 19.1 Å². The minimum atomic E-state index is -0.376. The Hall–Kier alpha value is -2.76. The number of esters is 2. The number of rotatable bonds is 2. The smallest absolute Gasteiger partial charge is 0.339 e. The zero-order valence-corrected chi connectivity index (χ0v) is 13.7. The third kappa shape index (κ3) is 3.13. The molecule has 6 nitrogen and oxygen atoms in total. The molecule has 0 spiro atoms. The first-order chi connectivity index (χ1) is 11.6. The number of carbonyl (C=O) groups is 2. The standard InChI is InChI=1S/C18H18N2O4/c1-23-17(21)13-7-11-4-6-16-14(18(22)24-2)8-12(10-20-16)3-5-15(13)19-9-11/h7-10H,3-6H2,1-2H3. The Morgan fingerprint density at radius 2 is 1.21 bits per heavy atom. The molecular weight excluding hydrogens is 308 g/mol. The van der Waals surface area contributed by atoms with E-state index in [0.717, 1.165) is 11.1 Å². The van der Waals surface area contributed by atoms with Crippen LogP contribution in [0.3, 0.4) is 0 Å². The first kappa shape index (κ1) is 16.1. The molecule has 2 aromatic rings. The maximum atomic E-state index is 12.0. The molecule has 3 aliphatic heterocycles. The third-order valence-electron chi connectivity index (χ3n) is 4.17. The molecule has 4 aliphatic rings. The number of aryl methyl sites for hydroxylation is 4. The maximum absolute atomic E-state index is 12.0. The molecule has 0 aromatic carbocycles. The predicted molar refractivity (Wildman–Crippen MR) is 86.0 cm³/mol. The second-order valence-electron chi connectivity index (χ2n) is 5.66. The van der Waals surface area contributed by atoms with Crippen LogP contribution in [-0.2, 0) is 35.2 Å². The lowest BCUT2D eigenvalue weighted by Crippen LogP contribution is -2.14. The van der Waals surface area contributed by atoms with Crippen LogP contribution in [0.4, 0.5) is 0 Å². The van der Waals surface area contributed by atoms with Crippen molar-refractivity contribution in [2.75, 3.05) is 14.2 Å². The minimum Gasteiger partial charge on any atom is -0.465 e. The number of nitrogens with zero attached hydrogens (tertiary/aromatic N) is 2. The Labute approximate surface area is 139 Å². The van der Waals surface area contributed by atoms with Crippen molar-refractivity contribution in [3.05, 3.63) is 58.2 Å². The second-order valence-corrected chi connectivity index (χ2v) is 5.66. The van der Waals surface area contributed by atoms with Gasteiger partial charge in [0, 0.05) is 12.4 Å². The van der Waals surface area contributed by atoms with Crippen molar-refractivity contribution in [3.63, 3.8) is 0 Å². The van der Waals surface area contributed by atoms with Gasteiger partial charge in [0.25, 0.3) is 0 Å². The number of carbonyl (C=O) groups excluding carboxylic acids is 2. The van der Waals surface area contributed by atoms with Gasteiger partial charge in [-0.25, -0.2) is 9.59 Å². The highest BCUT2D eigenvalue weighted by molar-refractivity contribution is 5.91. The molecular formula is C18H18N2O4. The summed E-state index contributed by atoms with van der Waals surface area (Å²) in [4.78, 5) is 32.9. The summed E-state index contributed by atoms with van der Waals surface area (Å²) in [5.41, 5.74) is 4.20. The first-order valence-electron chi connectivity index (χ1n) is 7.74. The van der Waals surface area contributed by atoms with Crippen LogP contribution in [0.15, 0.2) is 24.5 Å². The Balaban J connectivity index is 2.03. The van der Waals surface area contributed by atoms with E-state index in [4.69, 9.17) is 9.47 Å². The predicted octanol–water partition coefficient (Wildman–Crippen LogP) is 1.93. The van der Waals surface area contributed by atoms with Crippen molar-refractivity contribution in [2.45, 2.75) is 25.7 Å². The van der Waals surface area contributed by atoms with Crippen molar-refractivity contribution in [3.8, 4) is 0 Å². The van der Waals surface area contributed by atoms with Gasteiger partial charge in [0.1, 0.15) is 0 Å². The highest BCUT2D eigenvalue weighted by Crippen LogP contribution is 2.19.